The predicted octanol–water partition coefficient (Wildman–Crippen LogP) is 5.12. The van der Waals surface area contributed by atoms with E-state index < -0.39 is 58.8 Å². The number of para-hydroxylation sites is 1. The number of amides is 1. The first-order chi connectivity index (χ1) is 16.9. The van der Waals surface area contributed by atoms with Crippen LogP contribution in [0, 0.1) is 0 Å². The number of oxazole rings is 1. The van der Waals surface area contributed by atoms with Gasteiger partial charge in [0.15, 0.2) is 5.69 Å². The van der Waals surface area contributed by atoms with Crippen LogP contribution in [-0.2, 0) is 18.2 Å². The Hall–Kier alpha value is -3.74. The summed E-state index contributed by atoms with van der Waals surface area (Å²) in [5.41, 5.74) is -3.42. The Bertz CT molecular complexity index is 1450. The van der Waals surface area contributed by atoms with Crippen molar-refractivity contribution in [3.63, 3.8) is 0 Å². The maximum absolute atomic E-state index is 14.3. The second-order valence-electron chi connectivity index (χ2n) is 8.85. The number of aromatic amines is 1. The third-order valence-corrected chi connectivity index (χ3v) is 5.92. The Balaban J connectivity index is 1.71. The summed E-state index contributed by atoms with van der Waals surface area (Å²) in [6.07, 6.45) is -6.67. The van der Waals surface area contributed by atoms with Gasteiger partial charge in [-0.1, -0.05) is 18.2 Å². The van der Waals surface area contributed by atoms with Crippen LogP contribution in [-0.4, -0.2) is 37.4 Å². The van der Waals surface area contributed by atoms with Gasteiger partial charge in [-0.3, -0.25) is 4.79 Å². The molecule has 1 aliphatic heterocycles. The van der Waals surface area contributed by atoms with Crippen molar-refractivity contribution in [2.45, 2.75) is 44.5 Å². The summed E-state index contributed by atoms with van der Waals surface area (Å²) in [5.74, 6) is -3.16. The first kappa shape index (κ1) is 24.0. The van der Waals surface area contributed by atoms with Crippen LogP contribution in [0.15, 0.2) is 39.4 Å². The quantitative estimate of drug-likeness (QED) is 0.369. The lowest BCUT2D eigenvalue weighted by atomic mass is 9.96. The van der Waals surface area contributed by atoms with Gasteiger partial charge >= 0.3 is 6.18 Å². The van der Waals surface area contributed by atoms with Crippen LogP contribution in [0.1, 0.15) is 71.2 Å². The van der Waals surface area contributed by atoms with E-state index in [0.717, 1.165) is 4.90 Å². The van der Waals surface area contributed by atoms with Gasteiger partial charge in [-0.2, -0.15) is 13.2 Å². The highest BCUT2D eigenvalue weighted by atomic mass is 19.4. The number of hydrogen-bond donors (Lipinski definition) is 2. The molecule has 0 saturated heterocycles. The summed E-state index contributed by atoms with van der Waals surface area (Å²) < 4.78 is 81.3. The second kappa shape index (κ2) is 8.15. The highest BCUT2D eigenvalue weighted by molar-refractivity contribution is 5.93. The molecule has 13 heteroatoms. The molecule has 0 saturated carbocycles. The maximum atomic E-state index is 14.3. The number of rotatable bonds is 4. The number of carbonyl (C=O) groups is 1. The fraction of sp³-hybridized carbons (Fsp3) is 0.348. The zero-order chi connectivity index (χ0) is 26.0. The van der Waals surface area contributed by atoms with E-state index in [1.54, 1.807) is 0 Å². The van der Waals surface area contributed by atoms with Gasteiger partial charge in [0.2, 0.25) is 11.7 Å². The lowest BCUT2D eigenvalue weighted by Gasteiger charge is -2.34. The van der Waals surface area contributed by atoms with Crippen molar-refractivity contribution < 1.29 is 40.7 Å². The first-order valence-corrected chi connectivity index (χ1v) is 10.8. The number of fused-ring (bicyclic) bond motifs is 2. The number of imidazole rings is 1. The fourth-order valence-electron chi connectivity index (χ4n) is 4.34. The van der Waals surface area contributed by atoms with E-state index in [1.807, 2.05) is 0 Å². The number of furan rings is 1. The van der Waals surface area contributed by atoms with Gasteiger partial charge in [-0.15, -0.1) is 0 Å². The molecule has 0 unspecified atom stereocenters. The van der Waals surface area contributed by atoms with E-state index in [1.165, 1.54) is 44.4 Å². The molecule has 4 heterocycles. The fourth-order valence-corrected chi connectivity index (χ4v) is 4.34. The van der Waals surface area contributed by atoms with Crippen LogP contribution in [0.2, 0.25) is 0 Å². The lowest BCUT2D eigenvalue weighted by Crippen LogP contribution is -2.41. The van der Waals surface area contributed by atoms with E-state index in [-0.39, 0.29) is 29.6 Å². The number of alkyl halides is 5. The van der Waals surface area contributed by atoms with Crippen molar-refractivity contribution in [2.75, 3.05) is 6.54 Å². The lowest BCUT2D eigenvalue weighted by molar-refractivity contribution is -0.138. The van der Waals surface area contributed by atoms with Crippen molar-refractivity contribution in [3.05, 3.63) is 70.6 Å². The number of aromatic nitrogens is 3. The Morgan fingerprint density at radius 2 is 1.94 bits per heavy atom. The highest BCUT2D eigenvalue weighted by Crippen LogP contribution is 2.46. The Kier molecular flexibility index (Phi) is 5.43. The molecule has 190 valence electrons. The third kappa shape index (κ3) is 3.83. The molecule has 3 aromatic heterocycles. The summed E-state index contributed by atoms with van der Waals surface area (Å²) in [6, 6.07) is 4.02. The van der Waals surface area contributed by atoms with E-state index in [9.17, 15) is 31.9 Å². The van der Waals surface area contributed by atoms with Crippen LogP contribution in [0.5, 0.6) is 0 Å². The number of nitrogens with zero attached hydrogens (tertiary/aromatic N) is 3. The van der Waals surface area contributed by atoms with E-state index in [2.05, 4.69) is 15.0 Å². The minimum atomic E-state index is -4.86. The number of benzene rings is 1. The molecule has 0 radical (unpaired) electrons. The second-order valence-corrected chi connectivity index (χ2v) is 8.85. The smallest absolute Gasteiger partial charge is 0.420 e. The van der Waals surface area contributed by atoms with Crippen LogP contribution < -0.4 is 0 Å². The Labute approximate surface area is 199 Å². The predicted molar refractivity (Wildman–Crippen MR) is 113 cm³/mol. The topological polar surface area (TPSA) is 108 Å². The zero-order valence-corrected chi connectivity index (χ0v) is 18.9. The van der Waals surface area contributed by atoms with Crippen molar-refractivity contribution in [1.82, 2.24) is 19.9 Å². The molecule has 8 nitrogen and oxygen atoms in total. The maximum Gasteiger partial charge on any atom is 0.420 e. The summed E-state index contributed by atoms with van der Waals surface area (Å²) in [7, 11) is 0. The number of nitrogens with one attached hydrogen (secondary N) is 1. The molecule has 0 fully saturated rings. The SMILES string of the molecule is CC(C)(O)c1nc(C(F)F)c(C(=O)N2CCc3[nH]cnc3[C@@H]2c2oc3ccccc3c2C(F)(F)F)o1. The van der Waals surface area contributed by atoms with Crippen molar-refractivity contribution in [1.29, 1.82) is 0 Å². The minimum Gasteiger partial charge on any atom is -0.458 e. The summed E-state index contributed by atoms with van der Waals surface area (Å²) in [4.78, 5) is 25.1. The molecular formula is C23H19F5N4O4. The normalized spacial score (nSPS) is 16.7. The molecule has 2 N–H and O–H groups in total. The van der Waals surface area contributed by atoms with Gasteiger partial charge in [0.05, 0.1) is 12.0 Å². The summed E-state index contributed by atoms with van der Waals surface area (Å²) in [6.45, 7) is 2.30. The molecule has 4 aromatic rings. The van der Waals surface area contributed by atoms with Crippen molar-refractivity contribution in [2.24, 2.45) is 0 Å². The van der Waals surface area contributed by atoms with E-state index >= 15 is 0 Å². The molecule has 1 amide bonds. The minimum absolute atomic E-state index is 0.0628. The Morgan fingerprint density at radius 1 is 1.22 bits per heavy atom. The van der Waals surface area contributed by atoms with Gasteiger partial charge in [0.1, 0.15) is 28.5 Å². The average Bonchev–Trinajstić information content (AvgIpc) is 3.53. The molecule has 1 aliphatic rings. The highest BCUT2D eigenvalue weighted by Gasteiger charge is 2.47. The third-order valence-electron chi connectivity index (χ3n) is 5.92. The largest absolute Gasteiger partial charge is 0.458 e. The molecule has 5 rings (SSSR count). The number of H-pyrrole nitrogens is 1. The molecular weight excluding hydrogens is 491 g/mol. The summed E-state index contributed by atoms with van der Waals surface area (Å²) >= 11 is 0. The van der Waals surface area contributed by atoms with Crippen LogP contribution in [0.4, 0.5) is 22.0 Å². The molecule has 0 bridgehead atoms. The van der Waals surface area contributed by atoms with Gasteiger partial charge < -0.3 is 23.8 Å². The number of halogens is 5. The average molecular weight is 510 g/mol. The summed E-state index contributed by atoms with van der Waals surface area (Å²) in [5, 5.41) is 9.94. The van der Waals surface area contributed by atoms with Gasteiger partial charge in [0.25, 0.3) is 12.3 Å². The molecule has 0 aliphatic carbocycles. The van der Waals surface area contributed by atoms with Crippen LogP contribution in [0.3, 0.4) is 0 Å². The molecule has 1 atom stereocenters. The van der Waals surface area contributed by atoms with Crippen molar-refractivity contribution >= 4 is 16.9 Å². The van der Waals surface area contributed by atoms with Crippen LogP contribution in [0.25, 0.3) is 11.0 Å². The standard InChI is InChI=1S/C23H19F5N4O4/c1-22(2,34)21-31-15(19(24)25)18(36-21)20(33)32-8-7-11-14(30-9-29-11)16(32)17-13(23(26,27)28)10-5-3-4-6-12(10)35-17/h3-6,9,16,19,34H,7-8H2,1-2H3,(H,29,30)/t16-/m1/s1. The zero-order valence-electron chi connectivity index (χ0n) is 18.9. The van der Waals surface area contributed by atoms with Gasteiger partial charge in [0, 0.05) is 24.0 Å². The van der Waals surface area contributed by atoms with Gasteiger partial charge in [-0.05, 0) is 19.9 Å². The number of aliphatic hydroxyl groups is 1. The van der Waals surface area contributed by atoms with Crippen LogP contribution >= 0.6 is 0 Å². The van der Waals surface area contributed by atoms with E-state index in [4.69, 9.17) is 8.83 Å². The monoisotopic (exact) mass is 510 g/mol. The molecule has 1 aromatic carbocycles. The molecule has 0 spiro atoms. The van der Waals surface area contributed by atoms with Gasteiger partial charge in [-0.25, -0.2) is 18.7 Å². The Morgan fingerprint density at radius 3 is 2.61 bits per heavy atom. The van der Waals surface area contributed by atoms with Crippen molar-refractivity contribution in [3.8, 4) is 0 Å². The number of carbonyl (C=O) groups excluding carboxylic acids is 1. The molecule has 36 heavy (non-hydrogen) atoms. The first-order valence-electron chi connectivity index (χ1n) is 10.8. The van der Waals surface area contributed by atoms with E-state index in [0.29, 0.717) is 5.69 Å². The number of hydrogen-bond acceptors (Lipinski definition) is 6.